The first-order chi connectivity index (χ1) is 12.3. The van der Waals surface area contributed by atoms with Crippen LogP contribution in [-0.4, -0.2) is 50.9 Å². The molecule has 26 heavy (non-hydrogen) atoms. The van der Waals surface area contributed by atoms with Gasteiger partial charge in [-0.15, -0.1) is 0 Å². The van der Waals surface area contributed by atoms with E-state index in [4.69, 9.17) is 15.2 Å². The second-order valence-electron chi connectivity index (χ2n) is 6.13. The van der Waals surface area contributed by atoms with Crippen LogP contribution in [0.15, 0.2) is 23.1 Å². The molecule has 1 heterocycles. The number of amides is 1. The smallest absolute Gasteiger partial charge is 0.342 e. The minimum Gasteiger partial charge on any atom is -0.496 e. The van der Waals surface area contributed by atoms with Gasteiger partial charge in [-0.05, 0) is 38.0 Å². The summed E-state index contributed by atoms with van der Waals surface area (Å²) in [5, 5.41) is 0. The molecular weight excluding hydrogens is 360 g/mol. The average molecular weight is 384 g/mol. The zero-order valence-corrected chi connectivity index (χ0v) is 15.8. The quantitative estimate of drug-likeness (QED) is 0.739. The Bertz CT molecular complexity index is 769. The summed E-state index contributed by atoms with van der Waals surface area (Å²) in [6, 6.07) is 4.01. The molecule has 0 aliphatic carbocycles. The summed E-state index contributed by atoms with van der Waals surface area (Å²) in [6.45, 7) is 2.24. The largest absolute Gasteiger partial charge is 0.496 e. The molecule has 1 fully saturated rings. The van der Waals surface area contributed by atoms with Gasteiger partial charge < -0.3 is 15.2 Å². The van der Waals surface area contributed by atoms with Crippen molar-refractivity contribution in [3.8, 4) is 5.75 Å². The van der Waals surface area contributed by atoms with Crippen molar-refractivity contribution in [1.82, 2.24) is 4.31 Å². The molecule has 8 nitrogen and oxygen atoms in total. The zero-order chi connectivity index (χ0) is 19.3. The van der Waals surface area contributed by atoms with E-state index in [9.17, 15) is 18.0 Å². The van der Waals surface area contributed by atoms with Gasteiger partial charge in [-0.3, -0.25) is 4.79 Å². The molecule has 0 bridgehead atoms. The maximum absolute atomic E-state index is 12.9. The summed E-state index contributed by atoms with van der Waals surface area (Å²) in [5.41, 5.74) is 5.02. The van der Waals surface area contributed by atoms with Crippen LogP contribution in [0.4, 0.5) is 0 Å². The summed E-state index contributed by atoms with van der Waals surface area (Å²) in [5.74, 6) is -1.52. The number of sulfonamides is 1. The van der Waals surface area contributed by atoms with Gasteiger partial charge in [0.1, 0.15) is 11.3 Å². The Morgan fingerprint density at radius 1 is 1.15 bits per heavy atom. The number of nitrogens with two attached hydrogens (primary N) is 1. The summed E-state index contributed by atoms with van der Waals surface area (Å²) < 4.78 is 37.3. The maximum Gasteiger partial charge on any atom is 0.342 e. The molecule has 2 rings (SSSR count). The number of methoxy groups -OCH3 is 1. The Labute approximate surface area is 153 Å². The second-order valence-corrected chi connectivity index (χ2v) is 8.07. The number of carbonyl (C=O) groups is 2. The fraction of sp³-hybridized carbons (Fsp3) is 0.529. The van der Waals surface area contributed by atoms with Gasteiger partial charge in [0.25, 0.3) is 5.91 Å². The van der Waals surface area contributed by atoms with Crippen LogP contribution in [0.3, 0.4) is 0 Å². The number of benzene rings is 1. The topological polar surface area (TPSA) is 116 Å². The molecule has 144 valence electrons. The zero-order valence-electron chi connectivity index (χ0n) is 14.9. The summed E-state index contributed by atoms with van der Waals surface area (Å²) >= 11 is 0. The molecule has 0 radical (unpaired) electrons. The third-order valence-electron chi connectivity index (χ3n) is 4.28. The molecular formula is C17H24N2O6S. The van der Waals surface area contributed by atoms with Crippen molar-refractivity contribution < 1.29 is 27.5 Å². The molecule has 1 aromatic rings. The number of carbonyl (C=O) groups excluding carboxylic acids is 2. The molecule has 1 aliphatic heterocycles. The van der Waals surface area contributed by atoms with Gasteiger partial charge in [0.2, 0.25) is 10.0 Å². The molecule has 1 amide bonds. The number of rotatable bonds is 6. The normalized spacial score (nSPS) is 17.2. The number of ether oxygens (including phenoxy) is 2. The van der Waals surface area contributed by atoms with Crippen LogP contribution in [0.5, 0.6) is 5.75 Å². The second kappa shape index (κ2) is 8.50. The number of primary amides is 1. The predicted molar refractivity (Wildman–Crippen MR) is 94.3 cm³/mol. The predicted octanol–water partition coefficient (Wildman–Crippen LogP) is 1.29. The van der Waals surface area contributed by atoms with Gasteiger partial charge >= 0.3 is 5.97 Å². The monoisotopic (exact) mass is 384 g/mol. The van der Waals surface area contributed by atoms with E-state index in [2.05, 4.69) is 0 Å². The van der Waals surface area contributed by atoms with Crippen LogP contribution in [0.2, 0.25) is 0 Å². The molecule has 1 aliphatic rings. The van der Waals surface area contributed by atoms with Gasteiger partial charge in [0.15, 0.2) is 6.10 Å². The van der Waals surface area contributed by atoms with Gasteiger partial charge in [-0.25, -0.2) is 13.2 Å². The summed E-state index contributed by atoms with van der Waals surface area (Å²) in [4.78, 5) is 23.4. The van der Waals surface area contributed by atoms with Gasteiger partial charge in [-0.1, -0.05) is 12.8 Å². The van der Waals surface area contributed by atoms with E-state index in [1.807, 2.05) is 0 Å². The molecule has 2 N–H and O–H groups in total. The highest BCUT2D eigenvalue weighted by Crippen LogP contribution is 2.27. The van der Waals surface area contributed by atoms with Crippen molar-refractivity contribution in [2.24, 2.45) is 5.73 Å². The Kier molecular flexibility index (Phi) is 6.60. The third-order valence-corrected chi connectivity index (χ3v) is 6.17. The van der Waals surface area contributed by atoms with Crippen LogP contribution in [0, 0.1) is 0 Å². The highest BCUT2D eigenvalue weighted by Gasteiger charge is 2.28. The van der Waals surface area contributed by atoms with Crippen molar-refractivity contribution in [3.63, 3.8) is 0 Å². The number of hydrogen-bond donors (Lipinski definition) is 1. The molecule has 0 spiro atoms. The summed E-state index contributed by atoms with van der Waals surface area (Å²) in [7, 11) is -2.38. The first-order valence-electron chi connectivity index (χ1n) is 8.46. The standard InChI is InChI=1S/C17H24N2O6S/c1-12(16(18)20)25-17(21)14-11-13(7-8-15(14)24-2)26(22,23)19-9-5-3-4-6-10-19/h7-8,11-12H,3-6,9-10H2,1-2H3,(H2,18,20)/t12-/m0/s1. The van der Waals surface area contributed by atoms with Crippen molar-refractivity contribution in [3.05, 3.63) is 23.8 Å². The number of hydrogen-bond acceptors (Lipinski definition) is 6. The highest BCUT2D eigenvalue weighted by molar-refractivity contribution is 7.89. The first kappa shape index (κ1) is 20.2. The van der Waals surface area contributed by atoms with Crippen molar-refractivity contribution in [2.75, 3.05) is 20.2 Å². The average Bonchev–Trinajstić information content (AvgIpc) is 2.90. The van der Waals surface area contributed by atoms with Gasteiger partial charge in [0, 0.05) is 13.1 Å². The Morgan fingerprint density at radius 3 is 2.31 bits per heavy atom. The lowest BCUT2D eigenvalue weighted by molar-refractivity contribution is -0.125. The lowest BCUT2D eigenvalue weighted by Gasteiger charge is -2.20. The molecule has 1 aromatic carbocycles. The van der Waals surface area contributed by atoms with E-state index in [1.165, 1.54) is 36.5 Å². The van der Waals surface area contributed by atoms with E-state index in [0.29, 0.717) is 13.1 Å². The van der Waals surface area contributed by atoms with Crippen molar-refractivity contribution in [2.45, 2.75) is 43.6 Å². The van der Waals surface area contributed by atoms with E-state index >= 15 is 0 Å². The van der Waals surface area contributed by atoms with E-state index < -0.39 is 28.0 Å². The van der Waals surface area contributed by atoms with Crippen molar-refractivity contribution >= 4 is 21.9 Å². The Morgan fingerprint density at radius 2 is 1.77 bits per heavy atom. The lowest BCUT2D eigenvalue weighted by Crippen LogP contribution is -2.32. The van der Waals surface area contributed by atoms with Crippen LogP contribution in [0.25, 0.3) is 0 Å². The summed E-state index contributed by atoms with van der Waals surface area (Å²) in [6.07, 6.45) is 2.47. The third kappa shape index (κ3) is 4.53. The van der Waals surface area contributed by atoms with Crippen LogP contribution >= 0.6 is 0 Å². The minimum absolute atomic E-state index is 0.0149. The van der Waals surface area contributed by atoms with E-state index in [0.717, 1.165) is 25.7 Å². The number of nitrogens with zero attached hydrogens (tertiary/aromatic N) is 1. The molecule has 0 unspecified atom stereocenters. The lowest BCUT2D eigenvalue weighted by atomic mass is 10.2. The highest BCUT2D eigenvalue weighted by atomic mass is 32.2. The SMILES string of the molecule is COc1ccc(S(=O)(=O)N2CCCCCC2)cc1C(=O)O[C@@H](C)C(N)=O. The molecule has 1 saturated heterocycles. The first-order valence-corrected chi connectivity index (χ1v) is 9.90. The van der Waals surface area contributed by atoms with Crippen LogP contribution in [-0.2, 0) is 19.6 Å². The van der Waals surface area contributed by atoms with E-state index in [-0.39, 0.29) is 16.2 Å². The van der Waals surface area contributed by atoms with E-state index in [1.54, 1.807) is 0 Å². The van der Waals surface area contributed by atoms with Crippen LogP contribution < -0.4 is 10.5 Å². The van der Waals surface area contributed by atoms with Crippen LogP contribution in [0.1, 0.15) is 43.0 Å². The molecule has 0 aromatic heterocycles. The fourth-order valence-corrected chi connectivity index (χ4v) is 4.26. The maximum atomic E-state index is 12.9. The fourth-order valence-electron chi connectivity index (χ4n) is 2.72. The van der Waals surface area contributed by atoms with Gasteiger partial charge in [-0.2, -0.15) is 4.31 Å². The minimum atomic E-state index is -3.73. The molecule has 1 atom stereocenters. The van der Waals surface area contributed by atoms with Gasteiger partial charge in [0.05, 0.1) is 12.0 Å². The van der Waals surface area contributed by atoms with Crippen molar-refractivity contribution in [1.29, 1.82) is 0 Å². The number of esters is 1. The Hall–Kier alpha value is -2.13. The Balaban J connectivity index is 2.36. The molecule has 9 heteroatoms. The molecule has 0 saturated carbocycles.